The topological polar surface area (TPSA) is 77.1 Å². The van der Waals surface area contributed by atoms with Crippen molar-refractivity contribution in [2.45, 2.75) is 39.2 Å². The van der Waals surface area contributed by atoms with Gasteiger partial charge in [0, 0.05) is 17.8 Å². The molecule has 2 aliphatic rings. The summed E-state index contributed by atoms with van der Waals surface area (Å²) in [5.74, 6) is 1.25. The first-order valence-electron chi connectivity index (χ1n) is 12.9. The van der Waals surface area contributed by atoms with E-state index in [0.717, 1.165) is 22.4 Å². The molecule has 2 heterocycles. The van der Waals surface area contributed by atoms with Crippen molar-refractivity contribution >= 4 is 17.5 Å². The molecule has 192 valence electrons. The summed E-state index contributed by atoms with van der Waals surface area (Å²) in [7, 11) is 0. The van der Waals surface area contributed by atoms with Gasteiger partial charge in [0.05, 0.1) is 31.8 Å². The first kappa shape index (κ1) is 24.7. The highest BCUT2D eigenvalue weighted by molar-refractivity contribution is 6.04. The van der Waals surface area contributed by atoms with E-state index in [9.17, 15) is 9.59 Å². The van der Waals surface area contributed by atoms with E-state index < -0.39 is 12.0 Å². The first-order chi connectivity index (χ1) is 18.0. The zero-order valence-corrected chi connectivity index (χ0v) is 21.5. The molecular weight excluding hydrogens is 468 g/mol. The Kier molecular flexibility index (Phi) is 7.04. The van der Waals surface area contributed by atoms with Crippen molar-refractivity contribution in [2.24, 2.45) is 0 Å². The average molecular weight is 501 g/mol. The number of benzene rings is 3. The standard InChI is InChI=1S/C30H32N2O5/c1-4-35-21-13-11-20(12-14-21)31-29(33)27-22-9-7-8-10-23(22)30(34)32-16-15-19-17-25(36-5-2)26(37-6-3)18-24(19)28(27)32/h7-14,17-18,27-28H,4-6,15-16H2,1-3H3,(H,31,33). The molecule has 3 aromatic rings. The van der Waals surface area contributed by atoms with Gasteiger partial charge in [-0.15, -0.1) is 0 Å². The zero-order valence-electron chi connectivity index (χ0n) is 21.5. The van der Waals surface area contributed by atoms with E-state index in [-0.39, 0.29) is 11.8 Å². The Morgan fingerprint density at radius 2 is 1.57 bits per heavy atom. The molecule has 0 radical (unpaired) electrons. The summed E-state index contributed by atoms with van der Waals surface area (Å²) < 4.78 is 17.3. The Balaban J connectivity index is 1.58. The van der Waals surface area contributed by atoms with E-state index in [1.165, 1.54) is 0 Å². The van der Waals surface area contributed by atoms with Gasteiger partial charge >= 0.3 is 0 Å². The molecule has 0 spiro atoms. The highest BCUT2D eigenvalue weighted by Gasteiger charge is 2.46. The highest BCUT2D eigenvalue weighted by atomic mass is 16.5. The number of amides is 2. The molecule has 7 nitrogen and oxygen atoms in total. The van der Waals surface area contributed by atoms with Crippen LogP contribution in [0, 0.1) is 0 Å². The fourth-order valence-corrected chi connectivity index (χ4v) is 5.38. The van der Waals surface area contributed by atoms with Gasteiger partial charge in [-0.2, -0.15) is 0 Å². The smallest absolute Gasteiger partial charge is 0.254 e. The van der Waals surface area contributed by atoms with E-state index in [1.54, 1.807) is 0 Å². The zero-order chi connectivity index (χ0) is 25.9. The summed E-state index contributed by atoms with van der Waals surface area (Å²) in [5, 5.41) is 3.08. The summed E-state index contributed by atoms with van der Waals surface area (Å²) in [4.78, 5) is 29.4. The van der Waals surface area contributed by atoms with Crippen molar-refractivity contribution in [2.75, 3.05) is 31.7 Å². The molecule has 0 aliphatic carbocycles. The van der Waals surface area contributed by atoms with E-state index in [0.29, 0.717) is 55.5 Å². The summed E-state index contributed by atoms with van der Waals surface area (Å²) in [5.41, 5.74) is 3.97. The monoisotopic (exact) mass is 500 g/mol. The second-order valence-corrected chi connectivity index (χ2v) is 9.07. The average Bonchev–Trinajstić information content (AvgIpc) is 2.91. The molecule has 2 amide bonds. The lowest BCUT2D eigenvalue weighted by molar-refractivity contribution is -0.119. The molecule has 2 aliphatic heterocycles. The number of carbonyl (C=O) groups excluding carboxylic acids is 2. The maximum absolute atomic E-state index is 14.0. The molecule has 2 atom stereocenters. The number of hydrogen-bond acceptors (Lipinski definition) is 5. The van der Waals surface area contributed by atoms with Crippen LogP contribution in [-0.2, 0) is 11.2 Å². The number of fused-ring (bicyclic) bond motifs is 4. The van der Waals surface area contributed by atoms with Crippen LogP contribution in [-0.4, -0.2) is 43.1 Å². The number of ether oxygens (including phenoxy) is 3. The minimum absolute atomic E-state index is 0.0526. The maximum atomic E-state index is 14.0. The number of nitrogens with zero attached hydrogens (tertiary/aromatic N) is 1. The van der Waals surface area contributed by atoms with Gasteiger partial charge in [-0.1, -0.05) is 18.2 Å². The number of rotatable bonds is 8. The second-order valence-electron chi connectivity index (χ2n) is 9.07. The van der Waals surface area contributed by atoms with E-state index in [4.69, 9.17) is 14.2 Å². The molecule has 0 aromatic heterocycles. The normalized spacial score (nSPS) is 17.8. The van der Waals surface area contributed by atoms with Crippen molar-refractivity contribution in [3.63, 3.8) is 0 Å². The molecule has 0 fully saturated rings. The summed E-state index contributed by atoms with van der Waals surface area (Å²) in [6, 6.07) is 18.3. The molecule has 0 bridgehead atoms. The largest absolute Gasteiger partial charge is 0.494 e. The van der Waals surface area contributed by atoms with Gasteiger partial charge in [-0.3, -0.25) is 9.59 Å². The van der Waals surface area contributed by atoms with Crippen LogP contribution in [0.5, 0.6) is 17.2 Å². The highest BCUT2D eigenvalue weighted by Crippen LogP contribution is 2.48. The SMILES string of the molecule is CCOc1ccc(NC(=O)C2c3ccccc3C(=O)N3CCc4cc(OCC)c(OCC)cc4C23)cc1. The van der Waals surface area contributed by atoms with Gasteiger partial charge in [0.2, 0.25) is 5.91 Å². The summed E-state index contributed by atoms with van der Waals surface area (Å²) >= 11 is 0. The Morgan fingerprint density at radius 3 is 2.27 bits per heavy atom. The van der Waals surface area contributed by atoms with Gasteiger partial charge in [-0.05, 0) is 86.3 Å². The van der Waals surface area contributed by atoms with Crippen LogP contribution in [0.2, 0.25) is 0 Å². The van der Waals surface area contributed by atoms with Gasteiger partial charge in [0.25, 0.3) is 5.91 Å². The van der Waals surface area contributed by atoms with Crippen LogP contribution in [0.1, 0.15) is 59.8 Å². The lowest BCUT2D eigenvalue weighted by Crippen LogP contribution is -2.49. The molecule has 3 aromatic carbocycles. The van der Waals surface area contributed by atoms with E-state index in [1.807, 2.05) is 86.3 Å². The minimum atomic E-state index is -0.591. The van der Waals surface area contributed by atoms with Crippen LogP contribution in [0.15, 0.2) is 60.7 Å². The summed E-state index contributed by atoms with van der Waals surface area (Å²) in [6.07, 6.45) is 0.680. The van der Waals surface area contributed by atoms with Gasteiger partial charge in [0.15, 0.2) is 11.5 Å². The lowest BCUT2D eigenvalue weighted by atomic mass is 9.75. The Hall–Kier alpha value is -4.00. The summed E-state index contributed by atoms with van der Waals surface area (Å²) in [6.45, 7) is 7.90. The first-order valence-corrected chi connectivity index (χ1v) is 12.9. The third-order valence-corrected chi connectivity index (χ3v) is 6.90. The molecule has 5 rings (SSSR count). The fraction of sp³-hybridized carbons (Fsp3) is 0.333. The van der Waals surface area contributed by atoms with Crippen LogP contribution in [0.25, 0.3) is 0 Å². The van der Waals surface area contributed by atoms with Crippen molar-refractivity contribution < 1.29 is 23.8 Å². The molecule has 0 saturated heterocycles. The van der Waals surface area contributed by atoms with Crippen molar-refractivity contribution in [3.8, 4) is 17.2 Å². The number of carbonyl (C=O) groups is 2. The molecule has 7 heteroatoms. The van der Waals surface area contributed by atoms with Crippen molar-refractivity contribution in [1.29, 1.82) is 0 Å². The predicted octanol–water partition coefficient (Wildman–Crippen LogP) is 5.36. The Morgan fingerprint density at radius 1 is 0.892 bits per heavy atom. The van der Waals surface area contributed by atoms with Crippen LogP contribution < -0.4 is 19.5 Å². The van der Waals surface area contributed by atoms with Crippen LogP contribution in [0.3, 0.4) is 0 Å². The molecule has 37 heavy (non-hydrogen) atoms. The minimum Gasteiger partial charge on any atom is -0.494 e. The van der Waals surface area contributed by atoms with Crippen LogP contribution in [0.4, 0.5) is 5.69 Å². The molecule has 2 unspecified atom stereocenters. The third-order valence-electron chi connectivity index (χ3n) is 6.90. The van der Waals surface area contributed by atoms with Crippen molar-refractivity contribution in [3.05, 3.63) is 82.9 Å². The van der Waals surface area contributed by atoms with Gasteiger partial charge in [-0.25, -0.2) is 0 Å². The second kappa shape index (κ2) is 10.5. The van der Waals surface area contributed by atoms with E-state index in [2.05, 4.69) is 5.32 Å². The van der Waals surface area contributed by atoms with E-state index >= 15 is 0 Å². The number of nitrogens with one attached hydrogen (secondary N) is 1. The molecule has 0 saturated carbocycles. The van der Waals surface area contributed by atoms with Crippen molar-refractivity contribution in [1.82, 2.24) is 4.90 Å². The maximum Gasteiger partial charge on any atom is 0.254 e. The third kappa shape index (κ3) is 4.61. The van der Waals surface area contributed by atoms with Crippen LogP contribution >= 0.6 is 0 Å². The lowest BCUT2D eigenvalue weighted by Gasteiger charge is -2.45. The Bertz CT molecular complexity index is 1300. The van der Waals surface area contributed by atoms with Gasteiger partial charge < -0.3 is 24.4 Å². The molecule has 1 N–H and O–H groups in total. The fourth-order valence-electron chi connectivity index (χ4n) is 5.38. The number of hydrogen-bond donors (Lipinski definition) is 1. The quantitative estimate of drug-likeness (QED) is 0.451. The predicted molar refractivity (Wildman–Crippen MR) is 142 cm³/mol. The molecular formula is C30H32N2O5. The number of anilines is 1. The Labute approximate surface area is 217 Å². The van der Waals surface area contributed by atoms with Gasteiger partial charge in [0.1, 0.15) is 5.75 Å².